The highest BCUT2D eigenvalue weighted by molar-refractivity contribution is 6.31. The SMILES string of the molecule is COc1ccc(Cn2nc(N)c3c(-c4cccc(Cl)c4)c(-c4cnn(C)c4)ncc32)cc1. The lowest BCUT2D eigenvalue weighted by Gasteiger charge is -2.11. The molecule has 0 aliphatic rings. The molecule has 0 saturated carbocycles. The van der Waals surface area contributed by atoms with Crippen LogP contribution in [0.3, 0.4) is 0 Å². The minimum Gasteiger partial charge on any atom is -0.497 e. The summed E-state index contributed by atoms with van der Waals surface area (Å²) in [7, 11) is 3.53. The molecule has 0 atom stereocenters. The van der Waals surface area contributed by atoms with E-state index in [1.165, 1.54) is 0 Å². The number of ether oxygens (including phenoxy) is 1. The average molecular weight is 445 g/mol. The van der Waals surface area contributed by atoms with Crippen LogP contribution in [-0.4, -0.2) is 31.7 Å². The number of anilines is 1. The van der Waals surface area contributed by atoms with Gasteiger partial charge in [0.05, 0.1) is 42.6 Å². The maximum absolute atomic E-state index is 6.47. The van der Waals surface area contributed by atoms with Crippen molar-refractivity contribution in [1.29, 1.82) is 0 Å². The second-order valence-electron chi connectivity index (χ2n) is 7.55. The molecule has 2 N–H and O–H groups in total. The van der Waals surface area contributed by atoms with E-state index in [-0.39, 0.29) is 0 Å². The Morgan fingerprint density at radius 3 is 2.56 bits per heavy atom. The third-order valence-corrected chi connectivity index (χ3v) is 5.64. The van der Waals surface area contributed by atoms with E-state index in [4.69, 9.17) is 27.1 Å². The Bertz CT molecular complexity index is 1420. The zero-order chi connectivity index (χ0) is 22.2. The highest BCUT2D eigenvalue weighted by Gasteiger charge is 2.20. The first-order chi connectivity index (χ1) is 15.5. The van der Waals surface area contributed by atoms with Gasteiger partial charge >= 0.3 is 0 Å². The van der Waals surface area contributed by atoms with Crippen molar-refractivity contribution in [3.63, 3.8) is 0 Å². The Morgan fingerprint density at radius 2 is 1.88 bits per heavy atom. The summed E-state index contributed by atoms with van der Waals surface area (Å²) in [6.45, 7) is 0.556. The van der Waals surface area contributed by atoms with Crippen molar-refractivity contribution in [1.82, 2.24) is 24.5 Å². The molecule has 0 aliphatic carbocycles. The molecule has 2 aromatic carbocycles. The molecule has 7 nitrogen and oxygen atoms in total. The van der Waals surface area contributed by atoms with E-state index in [0.717, 1.165) is 44.6 Å². The number of halogens is 1. The molecule has 160 valence electrons. The van der Waals surface area contributed by atoms with Gasteiger partial charge in [0.2, 0.25) is 0 Å². The lowest BCUT2D eigenvalue weighted by Crippen LogP contribution is -2.02. The van der Waals surface area contributed by atoms with Crippen molar-refractivity contribution in [2.24, 2.45) is 7.05 Å². The van der Waals surface area contributed by atoms with Crippen LogP contribution in [0, 0.1) is 0 Å². The lowest BCUT2D eigenvalue weighted by molar-refractivity contribution is 0.414. The maximum Gasteiger partial charge on any atom is 0.154 e. The van der Waals surface area contributed by atoms with Gasteiger partial charge in [-0.25, -0.2) is 0 Å². The lowest BCUT2D eigenvalue weighted by atomic mass is 9.97. The van der Waals surface area contributed by atoms with Gasteiger partial charge in [-0.15, -0.1) is 0 Å². The number of methoxy groups -OCH3 is 1. The van der Waals surface area contributed by atoms with Crippen LogP contribution in [0.2, 0.25) is 5.02 Å². The molecule has 0 saturated heterocycles. The van der Waals surface area contributed by atoms with Crippen LogP contribution in [0.15, 0.2) is 67.1 Å². The fourth-order valence-electron chi connectivity index (χ4n) is 3.90. The summed E-state index contributed by atoms with van der Waals surface area (Å²) < 4.78 is 8.88. The van der Waals surface area contributed by atoms with Gasteiger partial charge in [-0.3, -0.25) is 14.3 Å². The molecule has 0 fully saturated rings. The molecule has 0 amide bonds. The average Bonchev–Trinajstić information content (AvgIpc) is 3.37. The maximum atomic E-state index is 6.47. The number of nitrogen functional groups attached to an aromatic ring is 1. The van der Waals surface area contributed by atoms with Crippen LogP contribution in [0.4, 0.5) is 5.82 Å². The number of aromatic nitrogens is 5. The first-order valence-corrected chi connectivity index (χ1v) is 10.4. The van der Waals surface area contributed by atoms with E-state index in [0.29, 0.717) is 17.4 Å². The van der Waals surface area contributed by atoms with Crippen LogP contribution < -0.4 is 10.5 Å². The summed E-state index contributed by atoms with van der Waals surface area (Å²) in [4.78, 5) is 4.81. The monoisotopic (exact) mass is 444 g/mol. The summed E-state index contributed by atoms with van der Waals surface area (Å²) in [5.74, 6) is 1.25. The minimum atomic E-state index is 0.441. The molecule has 0 spiro atoms. The van der Waals surface area contributed by atoms with Crippen LogP contribution in [0.25, 0.3) is 33.3 Å². The minimum absolute atomic E-state index is 0.441. The molecule has 3 aromatic heterocycles. The quantitative estimate of drug-likeness (QED) is 0.421. The van der Waals surface area contributed by atoms with E-state index in [9.17, 15) is 0 Å². The third-order valence-electron chi connectivity index (χ3n) is 5.40. The summed E-state index contributed by atoms with van der Waals surface area (Å²) in [5, 5.41) is 10.4. The van der Waals surface area contributed by atoms with E-state index >= 15 is 0 Å². The summed E-state index contributed by atoms with van der Waals surface area (Å²) in [6.07, 6.45) is 5.54. The molecule has 0 bridgehead atoms. The summed E-state index contributed by atoms with van der Waals surface area (Å²) >= 11 is 6.33. The number of nitrogens with two attached hydrogens (primary N) is 1. The molecule has 5 aromatic rings. The molecule has 8 heteroatoms. The topological polar surface area (TPSA) is 83.8 Å². The highest BCUT2D eigenvalue weighted by atomic mass is 35.5. The standard InChI is InChI=1S/C24H21ClN6O/c1-30-14-17(11-28-30)23-21(16-4-3-5-18(25)10-16)22-20(12-27-23)31(29-24(22)26)13-15-6-8-19(32-2)9-7-15/h3-12,14H,13H2,1-2H3,(H2,26,29). The van der Waals surface area contributed by atoms with E-state index in [1.54, 1.807) is 18.0 Å². The first-order valence-electron chi connectivity index (χ1n) is 10.1. The van der Waals surface area contributed by atoms with Gasteiger partial charge in [0.15, 0.2) is 5.82 Å². The summed E-state index contributed by atoms with van der Waals surface area (Å²) in [6, 6.07) is 15.6. The number of hydrogen-bond donors (Lipinski definition) is 1. The number of benzene rings is 2. The van der Waals surface area contributed by atoms with Crippen LogP contribution >= 0.6 is 11.6 Å². The third kappa shape index (κ3) is 3.56. The first kappa shape index (κ1) is 20.1. The second-order valence-corrected chi connectivity index (χ2v) is 7.98. The predicted molar refractivity (Wildman–Crippen MR) is 127 cm³/mol. The molecular weight excluding hydrogens is 424 g/mol. The van der Waals surface area contributed by atoms with Gasteiger partial charge in [0, 0.05) is 29.4 Å². The number of fused-ring (bicyclic) bond motifs is 1. The van der Waals surface area contributed by atoms with Crippen molar-refractivity contribution in [2.75, 3.05) is 12.8 Å². The van der Waals surface area contributed by atoms with E-state index < -0.39 is 0 Å². The van der Waals surface area contributed by atoms with Crippen molar-refractivity contribution in [2.45, 2.75) is 6.54 Å². The van der Waals surface area contributed by atoms with Gasteiger partial charge in [0.25, 0.3) is 0 Å². The van der Waals surface area contributed by atoms with Gasteiger partial charge in [-0.05, 0) is 35.4 Å². The van der Waals surface area contributed by atoms with Crippen molar-refractivity contribution in [3.05, 3.63) is 77.7 Å². The largest absolute Gasteiger partial charge is 0.497 e. The predicted octanol–water partition coefficient (Wildman–Crippen LogP) is 4.79. The molecular formula is C24H21ClN6O. The smallest absolute Gasteiger partial charge is 0.154 e. The van der Waals surface area contributed by atoms with Crippen molar-refractivity contribution < 1.29 is 4.74 Å². The number of nitrogens with zero attached hydrogens (tertiary/aromatic N) is 5. The fourth-order valence-corrected chi connectivity index (χ4v) is 4.09. The molecule has 0 unspecified atom stereocenters. The zero-order valence-electron chi connectivity index (χ0n) is 17.7. The Morgan fingerprint density at radius 1 is 1.06 bits per heavy atom. The van der Waals surface area contributed by atoms with Crippen molar-refractivity contribution >= 4 is 28.3 Å². The van der Waals surface area contributed by atoms with Gasteiger partial charge < -0.3 is 10.5 Å². The summed E-state index contributed by atoms with van der Waals surface area (Å²) in [5.41, 5.74) is 11.9. The molecule has 5 rings (SSSR count). The number of pyridine rings is 1. The van der Waals surface area contributed by atoms with Gasteiger partial charge in [-0.2, -0.15) is 10.2 Å². The highest BCUT2D eigenvalue weighted by Crippen LogP contribution is 2.39. The van der Waals surface area contributed by atoms with Gasteiger partial charge in [-0.1, -0.05) is 35.9 Å². The Kier molecular flexibility index (Phi) is 5.03. The number of aryl methyl sites for hydroxylation is 1. The van der Waals surface area contributed by atoms with Crippen LogP contribution in [0.5, 0.6) is 5.75 Å². The van der Waals surface area contributed by atoms with Crippen LogP contribution in [0.1, 0.15) is 5.56 Å². The van der Waals surface area contributed by atoms with E-state index in [2.05, 4.69) is 10.2 Å². The van der Waals surface area contributed by atoms with E-state index in [1.807, 2.05) is 72.7 Å². The number of hydrogen-bond acceptors (Lipinski definition) is 5. The molecule has 0 radical (unpaired) electrons. The van der Waals surface area contributed by atoms with Crippen molar-refractivity contribution in [3.8, 4) is 28.1 Å². The normalized spacial score (nSPS) is 11.2. The Balaban J connectivity index is 1.71. The molecule has 3 heterocycles. The van der Waals surface area contributed by atoms with Gasteiger partial charge in [0.1, 0.15) is 5.75 Å². The molecule has 0 aliphatic heterocycles. The van der Waals surface area contributed by atoms with Crippen LogP contribution in [-0.2, 0) is 13.6 Å². The Labute approximate surface area is 190 Å². The molecule has 32 heavy (non-hydrogen) atoms. The Hall–Kier alpha value is -3.84. The zero-order valence-corrected chi connectivity index (χ0v) is 18.4. The fraction of sp³-hybridized carbons (Fsp3) is 0.125. The number of rotatable bonds is 5. The second kappa shape index (κ2) is 8.01.